The molecule has 0 aliphatic carbocycles. The fraction of sp³-hybridized carbons (Fsp3) is 0.636. The highest BCUT2D eigenvalue weighted by molar-refractivity contribution is 14.0. The summed E-state index contributed by atoms with van der Waals surface area (Å²) in [6.07, 6.45) is -0.226. The number of benzene rings is 1. The number of amides is 1. The van der Waals surface area contributed by atoms with Crippen molar-refractivity contribution in [1.29, 1.82) is 0 Å². The maximum absolute atomic E-state index is 11.9. The van der Waals surface area contributed by atoms with Gasteiger partial charge >= 0.3 is 6.09 Å². The largest absolute Gasteiger partial charge is 0.450 e. The van der Waals surface area contributed by atoms with Crippen LogP contribution in [0.5, 0.6) is 0 Å². The number of nitrogens with zero attached hydrogens (tertiary/aromatic N) is 4. The number of ether oxygens (including phenoxy) is 2. The number of rotatable bonds is 6. The smallest absolute Gasteiger partial charge is 0.409 e. The van der Waals surface area contributed by atoms with Gasteiger partial charge in [-0.1, -0.05) is 24.3 Å². The molecule has 9 heteroatoms. The Hall–Kier alpha value is -1.59. The summed E-state index contributed by atoms with van der Waals surface area (Å²) in [5, 5.41) is 3.38. The zero-order valence-corrected chi connectivity index (χ0v) is 21.0. The lowest BCUT2D eigenvalue weighted by Gasteiger charge is -2.35. The van der Waals surface area contributed by atoms with Crippen LogP contribution in [0, 0.1) is 0 Å². The van der Waals surface area contributed by atoms with Gasteiger partial charge in [0.2, 0.25) is 0 Å². The molecule has 0 radical (unpaired) electrons. The molecule has 0 atom stereocenters. The molecule has 1 N–H and O–H groups in total. The predicted octanol–water partition coefficient (Wildman–Crippen LogP) is 2.38. The summed E-state index contributed by atoms with van der Waals surface area (Å²) < 4.78 is 10.5. The van der Waals surface area contributed by atoms with Crippen LogP contribution in [-0.2, 0) is 22.6 Å². The van der Waals surface area contributed by atoms with Gasteiger partial charge in [0, 0.05) is 52.4 Å². The van der Waals surface area contributed by atoms with E-state index in [4.69, 9.17) is 14.5 Å². The maximum Gasteiger partial charge on any atom is 0.409 e. The van der Waals surface area contributed by atoms with Crippen molar-refractivity contribution in [3.63, 3.8) is 0 Å². The molecule has 0 spiro atoms. The maximum atomic E-state index is 11.9. The van der Waals surface area contributed by atoms with Crippen molar-refractivity contribution >= 4 is 36.0 Å². The van der Waals surface area contributed by atoms with Crippen LogP contribution in [0.25, 0.3) is 0 Å². The predicted molar refractivity (Wildman–Crippen MR) is 133 cm³/mol. The molecule has 1 amide bonds. The Morgan fingerprint density at radius 2 is 1.61 bits per heavy atom. The molecule has 2 saturated heterocycles. The standard InChI is InChI=1S/C22H35N5O3.HI/c1-3-23-21(26-9-11-27(12-10-26)22(28)30-4-2)24-17-19-5-7-20(8-6-19)18-25-13-15-29-16-14-25;/h5-8H,3-4,9-18H2,1-2H3,(H,23,24);1H. The molecule has 31 heavy (non-hydrogen) atoms. The number of morpholine rings is 1. The van der Waals surface area contributed by atoms with Crippen LogP contribution in [-0.4, -0.2) is 92.4 Å². The highest BCUT2D eigenvalue weighted by atomic mass is 127. The second kappa shape index (κ2) is 13.7. The third kappa shape index (κ3) is 8.12. The highest BCUT2D eigenvalue weighted by Gasteiger charge is 2.23. The first-order valence-electron chi connectivity index (χ1n) is 11.0. The van der Waals surface area contributed by atoms with E-state index in [2.05, 4.69) is 46.3 Å². The normalized spacial score (nSPS) is 17.8. The van der Waals surface area contributed by atoms with Crippen molar-refractivity contribution in [2.24, 2.45) is 4.99 Å². The number of halogens is 1. The Morgan fingerprint density at radius 3 is 2.23 bits per heavy atom. The summed E-state index contributed by atoms with van der Waals surface area (Å²) in [4.78, 5) is 23.1. The summed E-state index contributed by atoms with van der Waals surface area (Å²) in [7, 11) is 0. The fourth-order valence-corrected chi connectivity index (χ4v) is 3.68. The van der Waals surface area contributed by atoms with Crippen LogP contribution in [0.2, 0.25) is 0 Å². The topological polar surface area (TPSA) is 69.6 Å². The molecule has 1 aromatic carbocycles. The second-order valence-corrected chi connectivity index (χ2v) is 7.55. The molecule has 0 saturated carbocycles. The van der Waals surface area contributed by atoms with Crippen molar-refractivity contribution in [1.82, 2.24) is 20.0 Å². The van der Waals surface area contributed by atoms with E-state index < -0.39 is 0 Å². The average molecular weight is 545 g/mol. The van der Waals surface area contributed by atoms with Crippen LogP contribution in [0.15, 0.2) is 29.3 Å². The Morgan fingerprint density at radius 1 is 1.00 bits per heavy atom. The van der Waals surface area contributed by atoms with E-state index >= 15 is 0 Å². The molecule has 2 aliphatic rings. The van der Waals surface area contributed by atoms with Crippen LogP contribution in [0.3, 0.4) is 0 Å². The number of piperazine rings is 1. The first kappa shape index (κ1) is 25.7. The first-order valence-corrected chi connectivity index (χ1v) is 11.0. The van der Waals surface area contributed by atoms with Gasteiger partial charge in [-0.3, -0.25) is 4.90 Å². The summed E-state index contributed by atoms with van der Waals surface area (Å²) in [5.41, 5.74) is 2.52. The molecule has 0 unspecified atom stereocenters. The number of hydrogen-bond acceptors (Lipinski definition) is 5. The van der Waals surface area contributed by atoms with Gasteiger partial charge in [-0.2, -0.15) is 0 Å². The molecule has 2 aliphatic heterocycles. The molecule has 1 aromatic rings. The molecule has 0 aromatic heterocycles. The molecular weight excluding hydrogens is 509 g/mol. The zero-order chi connectivity index (χ0) is 21.2. The van der Waals surface area contributed by atoms with Crippen molar-refractivity contribution in [2.45, 2.75) is 26.9 Å². The summed E-state index contributed by atoms with van der Waals surface area (Å²) >= 11 is 0. The van der Waals surface area contributed by atoms with E-state index in [9.17, 15) is 4.79 Å². The van der Waals surface area contributed by atoms with Crippen molar-refractivity contribution in [3.05, 3.63) is 35.4 Å². The number of nitrogens with one attached hydrogen (secondary N) is 1. The number of carbonyl (C=O) groups excluding carboxylic acids is 1. The Bertz CT molecular complexity index is 687. The van der Waals surface area contributed by atoms with Crippen LogP contribution in [0.1, 0.15) is 25.0 Å². The molecular formula is C22H36IN5O3. The van der Waals surface area contributed by atoms with E-state index in [1.165, 1.54) is 11.1 Å². The van der Waals surface area contributed by atoms with Crippen molar-refractivity contribution in [3.8, 4) is 0 Å². The molecule has 174 valence electrons. The van der Waals surface area contributed by atoms with Crippen LogP contribution < -0.4 is 5.32 Å². The summed E-state index contributed by atoms with van der Waals surface area (Å²) in [6, 6.07) is 8.74. The Balaban J connectivity index is 0.00000341. The number of carbonyl (C=O) groups is 1. The third-order valence-corrected chi connectivity index (χ3v) is 5.38. The van der Waals surface area contributed by atoms with Gasteiger partial charge < -0.3 is 24.6 Å². The van der Waals surface area contributed by atoms with Crippen LogP contribution >= 0.6 is 24.0 Å². The molecule has 2 fully saturated rings. The van der Waals surface area contributed by atoms with Gasteiger partial charge in [0.1, 0.15) is 0 Å². The monoisotopic (exact) mass is 545 g/mol. The van der Waals surface area contributed by atoms with Gasteiger partial charge in [-0.15, -0.1) is 24.0 Å². The minimum Gasteiger partial charge on any atom is -0.450 e. The molecule has 2 heterocycles. The van der Waals surface area contributed by atoms with Crippen LogP contribution in [0.4, 0.5) is 4.79 Å². The quantitative estimate of drug-likeness (QED) is 0.337. The summed E-state index contributed by atoms with van der Waals surface area (Å²) in [6.45, 7) is 13.2. The van der Waals surface area contributed by atoms with Gasteiger partial charge in [0.15, 0.2) is 5.96 Å². The number of hydrogen-bond donors (Lipinski definition) is 1. The van der Waals surface area contributed by atoms with E-state index in [0.29, 0.717) is 26.2 Å². The minimum atomic E-state index is -0.226. The second-order valence-electron chi connectivity index (χ2n) is 7.55. The van der Waals surface area contributed by atoms with E-state index in [1.54, 1.807) is 4.90 Å². The number of guanidine groups is 1. The zero-order valence-electron chi connectivity index (χ0n) is 18.7. The van der Waals surface area contributed by atoms with E-state index in [1.807, 2.05) is 6.92 Å². The van der Waals surface area contributed by atoms with Crippen molar-refractivity contribution < 1.29 is 14.3 Å². The average Bonchev–Trinajstić information content (AvgIpc) is 2.79. The lowest BCUT2D eigenvalue weighted by atomic mass is 10.1. The molecule has 0 bridgehead atoms. The van der Waals surface area contributed by atoms with Gasteiger partial charge in [0.25, 0.3) is 0 Å². The lowest BCUT2D eigenvalue weighted by Crippen LogP contribution is -2.53. The van der Waals surface area contributed by atoms with Crippen molar-refractivity contribution in [2.75, 3.05) is 65.6 Å². The fourth-order valence-electron chi connectivity index (χ4n) is 3.68. The highest BCUT2D eigenvalue weighted by Crippen LogP contribution is 2.11. The molecule has 8 nitrogen and oxygen atoms in total. The van der Waals surface area contributed by atoms with E-state index in [0.717, 1.165) is 58.4 Å². The van der Waals surface area contributed by atoms with Gasteiger partial charge in [-0.05, 0) is 25.0 Å². The SMILES string of the molecule is CCNC(=NCc1ccc(CN2CCOCC2)cc1)N1CCN(C(=O)OCC)CC1.I. The lowest BCUT2D eigenvalue weighted by molar-refractivity contribution is 0.0342. The number of aliphatic imine (C=N–C) groups is 1. The molecule has 3 rings (SSSR count). The third-order valence-electron chi connectivity index (χ3n) is 5.38. The van der Waals surface area contributed by atoms with Gasteiger partial charge in [-0.25, -0.2) is 9.79 Å². The minimum absolute atomic E-state index is 0. The first-order chi connectivity index (χ1) is 14.7. The van der Waals surface area contributed by atoms with Gasteiger partial charge in [0.05, 0.1) is 26.4 Å². The Kier molecular flexibility index (Phi) is 11.4. The summed E-state index contributed by atoms with van der Waals surface area (Å²) in [5.74, 6) is 0.901. The van der Waals surface area contributed by atoms with E-state index in [-0.39, 0.29) is 30.1 Å². The Labute approximate surface area is 203 Å².